The molecule has 3 atom stereocenters. The fourth-order valence-electron chi connectivity index (χ4n) is 5.04. The third kappa shape index (κ3) is 3.13. The largest absolute Gasteiger partial charge is 0.497 e. The number of nitrogens with zero attached hydrogens (tertiary/aromatic N) is 1. The molecule has 2 bridgehead atoms. The maximum atomic E-state index is 5.31. The molecule has 3 heteroatoms. The lowest BCUT2D eigenvalue weighted by molar-refractivity contribution is 0.0183. The van der Waals surface area contributed by atoms with Gasteiger partial charge in [0.2, 0.25) is 0 Å². The molecular formula is C22H26BrNO. The molecule has 4 rings (SSSR count). The van der Waals surface area contributed by atoms with Gasteiger partial charge in [0.25, 0.3) is 0 Å². The van der Waals surface area contributed by atoms with Crippen LogP contribution in [0.5, 0.6) is 5.75 Å². The summed E-state index contributed by atoms with van der Waals surface area (Å²) in [6, 6.07) is 18.3. The van der Waals surface area contributed by atoms with Crippen molar-refractivity contribution >= 4 is 15.9 Å². The molecule has 25 heavy (non-hydrogen) atoms. The van der Waals surface area contributed by atoms with Crippen LogP contribution in [-0.4, -0.2) is 18.1 Å². The molecule has 2 aliphatic heterocycles. The fraction of sp³-hybridized carbons (Fsp3) is 0.455. The summed E-state index contributed by atoms with van der Waals surface area (Å²) >= 11 is 3.59. The first kappa shape index (κ1) is 17.1. The summed E-state index contributed by atoms with van der Waals surface area (Å²) < 4.78 is 6.47. The van der Waals surface area contributed by atoms with E-state index >= 15 is 0 Å². The van der Waals surface area contributed by atoms with E-state index in [2.05, 4.69) is 76.3 Å². The number of methoxy groups -OCH3 is 1. The molecule has 2 fully saturated rings. The van der Waals surface area contributed by atoms with E-state index in [-0.39, 0.29) is 5.54 Å². The van der Waals surface area contributed by atoms with Crippen molar-refractivity contribution < 1.29 is 4.74 Å². The van der Waals surface area contributed by atoms with Gasteiger partial charge in [0, 0.05) is 22.6 Å². The summed E-state index contributed by atoms with van der Waals surface area (Å²) in [7, 11) is 1.73. The van der Waals surface area contributed by atoms with Crippen LogP contribution in [0.25, 0.3) is 0 Å². The Hall–Kier alpha value is -1.32. The van der Waals surface area contributed by atoms with Crippen molar-refractivity contribution in [2.24, 2.45) is 5.92 Å². The van der Waals surface area contributed by atoms with E-state index in [0.717, 1.165) is 22.7 Å². The van der Waals surface area contributed by atoms with Gasteiger partial charge in [0.15, 0.2) is 0 Å². The van der Waals surface area contributed by atoms with Crippen LogP contribution in [0.15, 0.2) is 53.0 Å². The molecule has 132 valence electrons. The Bertz CT molecular complexity index is 727. The Balaban J connectivity index is 1.67. The normalized spacial score (nSPS) is 28.9. The Kier molecular flexibility index (Phi) is 4.63. The molecule has 2 saturated heterocycles. The highest BCUT2D eigenvalue weighted by atomic mass is 79.9. The Labute approximate surface area is 159 Å². The van der Waals surface area contributed by atoms with E-state index in [4.69, 9.17) is 4.74 Å². The van der Waals surface area contributed by atoms with Crippen LogP contribution in [0.2, 0.25) is 0 Å². The zero-order valence-corrected chi connectivity index (χ0v) is 16.6. The number of hydrogen-bond donors (Lipinski definition) is 0. The SMILES string of the molecule is COc1ccc(CN2C3CCC2(c2ccc(Br)cc2)CC(C)C3)cc1. The first-order valence-electron chi connectivity index (χ1n) is 9.26. The van der Waals surface area contributed by atoms with Crippen LogP contribution in [0.4, 0.5) is 0 Å². The number of ether oxygens (including phenoxy) is 1. The standard InChI is InChI=1S/C22H26BrNO/c1-16-13-20-11-12-22(14-16,18-5-7-19(23)8-6-18)24(20)15-17-3-9-21(25-2)10-4-17/h3-10,16,20H,11-15H2,1-2H3. The van der Waals surface area contributed by atoms with Gasteiger partial charge in [-0.3, -0.25) is 4.90 Å². The van der Waals surface area contributed by atoms with E-state index in [1.165, 1.54) is 36.8 Å². The van der Waals surface area contributed by atoms with Gasteiger partial charge in [-0.15, -0.1) is 0 Å². The third-order valence-electron chi connectivity index (χ3n) is 6.14. The number of fused-ring (bicyclic) bond motifs is 2. The summed E-state index contributed by atoms with van der Waals surface area (Å²) in [6.45, 7) is 3.45. The molecule has 2 aliphatic rings. The number of piperidine rings is 1. The monoisotopic (exact) mass is 399 g/mol. The molecule has 2 aromatic carbocycles. The molecule has 2 nitrogen and oxygen atoms in total. The van der Waals surface area contributed by atoms with Gasteiger partial charge in [-0.25, -0.2) is 0 Å². The summed E-state index contributed by atoms with van der Waals surface area (Å²) in [5.74, 6) is 1.73. The van der Waals surface area contributed by atoms with E-state index in [1.807, 2.05) is 0 Å². The Morgan fingerprint density at radius 3 is 2.52 bits per heavy atom. The van der Waals surface area contributed by atoms with E-state index < -0.39 is 0 Å². The highest BCUT2D eigenvalue weighted by Crippen LogP contribution is 2.53. The number of benzene rings is 2. The van der Waals surface area contributed by atoms with Gasteiger partial charge in [-0.2, -0.15) is 0 Å². The predicted molar refractivity (Wildman–Crippen MR) is 106 cm³/mol. The molecule has 0 amide bonds. The lowest BCUT2D eigenvalue weighted by atomic mass is 9.77. The maximum absolute atomic E-state index is 5.31. The quantitative estimate of drug-likeness (QED) is 0.648. The smallest absolute Gasteiger partial charge is 0.118 e. The fourth-order valence-corrected chi connectivity index (χ4v) is 5.30. The molecule has 0 radical (unpaired) electrons. The van der Waals surface area contributed by atoms with Crippen LogP contribution in [0.3, 0.4) is 0 Å². The van der Waals surface area contributed by atoms with Crippen molar-refractivity contribution in [2.45, 2.75) is 50.7 Å². The topological polar surface area (TPSA) is 12.5 Å². The molecular weight excluding hydrogens is 374 g/mol. The number of halogens is 1. The molecule has 0 aromatic heterocycles. The summed E-state index contributed by atoms with van der Waals surface area (Å²) in [4.78, 5) is 2.79. The highest BCUT2D eigenvalue weighted by molar-refractivity contribution is 9.10. The van der Waals surface area contributed by atoms with Crippen LogP contribution >= 0.6 is 15.9 Å². The molecule has 2 heterocycles. The minimum atomic E-state index is 0.197. The second kappa shape index (κ2) is 6.77. The maximum Gasteiger partial charge on any atom is 0.118 e. The van der Waals surface area contributed by atoms with Crippen LogP contribution in [0, 0.1) is 5.92 Å². The average Bonchev–Trinajstić information content (AvgIpc) is 2.84. The van der Waals surface area contributed by atoms with Crippen LogP contribution in [-0.2, 0) is 12.1 Å². The Morgan fingerprint density at radius 1 is 1.12 bits per heavy atom. The summed E-state index contributed by atoms with van der Waals surface area (Å²) in [5.41, 5.74) is 3.06. The minimum absolute atomic E-state index is 0.197. The van der Waals surface area contributed by atoms with Crippen molar-refractivity contribution in [2.75, 3.05) is 7.11 Å². The molecule has 2 aromatic rings. The summed E-state index contributed by atoms with van der Waals surface area (Å²) in [6.07, 6.45) is 5.19. The van der Waals surface area contributed by atoms with Gasteiger partial charge in [0.1, 0.15) is 5.75 Å². The minimum Gasteiger partial charge on any atom is -0.497 e. The van der Waals surface area contributed by atoms with Gasteiger partial charge in [-0.1, -0.05) is 47.1 Å². The van der Waals surface area contributed by atoms with E-state index in [9.17, 15) is 0 Å². The Morgan fingerprint density at radius 2 is 1.84 bits per heavy atom. The molecule has 0 saturated carbocycles. The van der Waals surface area contributed by atoms with Crippen molar-refractivity contribution in [3.05, 3.63) is 64.1 Å². The van der Waals surface area contributed by atoms with Gasteiger partial charge in [0.05, 0.1) is 7.11 Å². The summed E-state index contributed by atoms with van der Waals surface area (Å²) in [5, 5.41) is 0. The van der Waals surface area contributed by atoms with Gasteiger partial charge < -0.3 is 4.74 Å². The van der Waals surface area contributed by atoms with Crippen molar-refractivity contribution in [3.8, 4) is 5.75 Å². The van der Waals surface area contributed by atoms with Crippen LogP contribution < -0.4 is 4.74 Å². The zero-order valence-electron chi connectivity index (χ0n) is 15.0. The van der Waals surface area contributed by atoms with Gasteiger partial charge in [-0.05, 0) is 67.0 Å². The molecule has 0 N–H and O–H groups in total. The highest BCUT2D eigenvalue weighted by Gasteiger charge is 2.51. The lowest BCUT2D eigenvalue weighted by Gasteiger charge is -2.48. The average molecular weight is 400 g/mol. The third-order valence-corrected chi connectivity index (χ3v) is 6.66. The second-order valence-electron chi connectivity index (χ2n) is 7.75. The number of hydrogen-bond acceptors (Lipinski definition) is 2. The first-order chi connectivity index (χ1) is 12.1. The van der Waals surface area contributed by atoms with Crippen molar-refractivity contribution in [1.29, 1.82) is 0 Å². The van der Waals surface area contributed by atoms with Crippen molar-refractivity contribution in [3.63, 3.8) is 0 Å². The van der Waals surface area contributed by atoms with Crippen LogP contribution in [0.1, 0.15) is 43.7 Å². The van der Waals surface area contributed by atoms with E-state index in [0.29, 0.717) is 6.04 Å². The second-order valence-corrected chi connectivity index (χ2v) is 8.67. The molecule has 0 spiro atoms. The zero-order chi connectivity index (χ0) is 17.4. The lowest BCUT2D eigenvalue weighted by Crippen LogP contribution is -2.49. The first-order valence-corrected chi connectivity index (χ1v) is 10.1. The molecule has 3 unspecified atom stereocenters. The van der Waals surface area contributed by atoms with E-state index in [1.54, 1.807) is 7.11 Å². The molecule has 0 aliphatic carbocycles. The van der Waals surface area contributed by atoms with Gasteiger partial charge >= 0.3 is 0 Å². The predicted octanol–water partition coefficient (Wildman–Crippen LogP) is 5.75. The van der Waals surface area contributed by atoms with Crippen molar-refractivity contribution in [1.82, 2.24) is 4.90 Å². The number of rotatable bonds is 4.